The summed E-state index contributed by atoms with van der Waals surface area (Å²) in [6.07, 6.45) is 0.451. The molecule has 11 nitrogen and oxygen atoms in total. The Bertz CT molecular complexity index is 1330. The minimum Gasteiger partial charge on any atom is -0.496 e. The van der Waals surface area contributed by atoms with E-state index in [4.69, 9.17) is 4.74 Å². The molecule has 2 N–H and O–H groups in total. The van der Waals surface area contributed by atoms with Gasteiger partial charge in [-0.25, -0.2) is 13.1 Å². The number of sulfonamides is 1. The standard InChI is InChI=1S/C22H24N4O7S2/c1-25(2)21(29)15-9-14(4-6-17(15)33-3)35(31,32)23-10-13-8-12-11-26(22(30)19(12)34-13)16-5-7-18(27)24-20(16)28/h4,6,8-9,16,23H,5,7,10-11H2,1-3H3,(H,24,27,28). The molecule has 1 saturated heterocycles. The van der Waals surface area contributed by atoms with Crippen molar-refractivity contribution in [3.05, 3.63) is 45.1 Å². The zero-order valence-corrected chi connectivity index (χ0v) is 20.9. The van der Waals surface area contributed by atoms with Crippen LogP contribution in [0.1, 0.15) is 43.3 Å². The first-order valence-corrected chi connectivity index (χ1v) is 13.0. The van der Waals surface area contributed by atoms with Crippen LogP contribution in [0.4, 0.5) is 0 Å². The highest BCUT2D eigenvalue weighted by Gasteiger charge is 2.40. The van der Waals surface area contributed by atoms with Gasteiger partial charge in [0.25, 0.3) is 11.8 Å². The van der Waals surface area contributed by atoms with Crippen LogP contribution in [-0.2, 0) is 32.7 Å². The molecule has 2 aromatic rings. The summed E-state index contributed by atoms with van der Waals surface area (Å²) in [5, 5.41) is 2.26. The lowest BCUT2D eigenvalue weighted by Crippen LogP contribution is -2.52. The summed E-state index contributed by atoms with van der Waals surface area (Å²) in [6.45, 7) is 0.173. The van der Waals surface area contributed by atoms with Gasteiger partial charge in [-0.15, -0.1) is 11.3 Å². The molecule has 1 atom stereocenters. The molecule has 0 aliphatic carbocycles. The van der Waals surface area contributed by atoms with Gasteiger partial charge in [-0.05, 0) is 36.2 Å². The lowest BCUT2D eigenvalue weighted by Gasteiger charge is -2.29. The Labute approximate surface area is 206 Å². The topological polar surface area (TPSA) is 142 Å². The van der Waals surface area contributed by atoms with E-state index in [-0.39, 0.29) is 54.0 Å². The third-order valence-corrected chi connectivity index (χ3v) is 8.36. The van der Waals surface area contributed by atoms with Crippen LogP contribution in [0, 0.1) is 0 Å². The summed E-state index contributed by atoms with van der Waals surface area (Å²) in [7, 11) is 0.545. The van der Waals surface area contributed by atoms with Gasteiger partial charge in [0.05, 0.1) is 22.4 Å². The number of hydrogen-bond donors (Lipinski definition) is 2. The Morgan fingerprint density at radius 1 is 1.26 bits per heavy atom. The highest BCUT2D eigenvalue weighted by molar-refractivity contribution is 7.89. The van der Waals surface area contributed by atoms with Crippen LogP contribution < -0.4 is 14.8 Å². The largest absolute Gasteiger partial charge is 0.496 e. The van der Waals surface area contributed by atoms with Crippen molar-refractivity contribution in [1.82, 2.24) is 19.8 Å². The molecule has 13 heteroatoms. The van der Waals surface area contributed by atoms with Gasteiger partial charge >= 0.3 is 0 Å². The van der Waals surface area contributed by atoms with Crippen molar-refractivity contribution >= 4 is 45.0 Å². The Hall–Kier alpha value is -3.29. The molecule has 1 fully saturated rings. The molecule has 1 aromatic carbocycles. The Balaban J connectivity index is 1.46. The maximum Gasteiger partial charge on any atom is 0.265 e. The van der Waals surface area contributed by atoms with Gasteiger partial charge in [0, 0.05) is 38.5 Å². The van der Waals surface area contributed by atoms with E-state index in [9.17, 15) is 27.6 Å². The zero-order chi connectivity index (χ0) is 25.5. The molecule has 35 heavy (non-hydrogen) atoms. The highest BCUT2D eigenvalue weighted by atomic mass is 32.2. The highest BCUT2D eigenvalue weighted by Crippen LogP contribution is 2.34. The van der Waals surface area contributed by atoms with Crippen LogP contribution in [0.5, 0.6) is 5.75 Å². The second-order valence-electron chi connectivity index (χ2n) is 8.35. The predicted octanol–water partition coefficient (Wildman–Crippen LogP) is 0.698. The number of hydrogen-bond acceptors (Lipinski definition) is 8. The van der Waals surface area contributed by atoms with Crippen molar-refractivity contribution in [2.45, 2.75) is 36.9 Å². The van der Waals surface area contributed by atoms with Gasteiger partial charge in [0.1, 0.15) is 11.8 Å². The van der Waals surface area contributed by atoms with Gasteiger partial charge < -0.3 is 14.5 Å². The van der Waals surface area contributed by atoms with Crippen LogP contribution in [0.2, 0.25) is 0 Å². The number of ether oxygens (including phenoxy) is 1. The maximum atomic E-state index is 12.9. The molecule has 0 bridgehead atoms. The lowest BCUT2D eigenvalue weighted by atomic mass is 10.0. The van der Waals surface area contributed by atoms with Crippen LogP contribution in [0.3, 0.4) is 0 Å². The normalized spacial score (nSPS) is 17.9. The van der Waals surface area contributed by atoms with Gasteiger partial charge in [0.2, 0.25) is 21.8 Å². The third kappa shape index (κ3) is 4.79. The van der Waals surface area contributed by atoms with E-state index in [1.165, 1.54) is 35.1 Å². The summed E-state index contributed by atoms with van der Waals surface area (Å²) < 4.78 is 33.5. The van der Waals surface area contributed by atoms with E-state index < -0.39 is 27.9 Å². The van der Waals surface area contributed by atoms with Crippen molar-refractivity contribution < 1.29 is 32.3 Å². The number of rotatable bonds is 7. The molecule has 186 valence electrons. The lowest BCUT2D eigenvalue weighted by molar-refractivity contribution is -0.136. The van der Waals surface area contributed by atoms with Crippen molar-refractivity contribution in [3.63, 3.8) is 0 Å². The first-order chi connectivity index (χ1) is 16.5. The molecule has 1 unspecified atom stereocenters. The Morgan fingerprint density at radius 3 is 2.63 bits per heavy atom. The summed E-state index contributed by atoms with van der Waals surface area (Å²) in [6, 6.07) is 5.08. The van der Waals surface area contributed by atoms with E-state index in [2.05, 4.69) is 10.0 Å². The van der Waals surface area contributed by atoms with Gasteiger partial charge in [-0.3, -0.25) is 24.5 Å². The van der Waals surface area contributed by atoms with Crippen molar-refractivity contribution in [2.75, 3.05) is 21.2 Å². The second-order valence-corrected chi connectivity index (χ2v) is 11.3. The predicted molar refractivity (Wildman–Crippen MR) is 125 cm³/mol. The van der Waals surface area contributed by atoms with E-state index in [1.807, 2.05) is 0 Å². The second kappa shape index (κ2) is 9.40. The fraction of sp³-hybridized carbons (Fsp3) is 0.364. The monoisotopic (exact) mass is 520 g/mol. The van der Waals surface area contributed by atoms with E-state index in [0.29, 0.717) is 15.3 Å². The quantitative estimate of drug-likeness (QED) is 0.512. The summed E-state index contributed by atoms with van der Waals surface area (Å²) in [5.41, 5.74) is 0.830. The van der Waals surface area contributed by atoms with Crippen molar-refractivity contribution in [1.29, 1.82) is 0 Å². The number of amides is 4. The number of methoxy groups -OCH3 is 1. The van der Waals surface area contributed by atoms with E-state index in [0.717, 1.165) is 11.3 Å². The van der Waals surface area contributed by atoms with Gasteiger partial charge in [-0.1, -0.05) is 0 Å². The SMILES string of the molecule is COc1ccc(S(=O)(=O)NCc2cc3c(s2)C(=O)N(C2CCC(=O)NC2=O)C3)cc1C(=O)N(C)C. The number of benzene rings is 1. The molecule has 2 aliphatic heterocycles. The fourth-order valence-corrected chi connectivity index (χ4v) is 6.19. The van der Waals surface area contributed by atoms with E-state index in [1.54, 1.807) is 20.2 Å². The fourth-order valence-electron chi connectivity index (χ4n) is 4.00. The number of fused-ring (bicyclic) bond motifs is 1. The zero-order valence-electron chi connectivity index (χ0n) is 19.3. The molecule has 2 aliphatic rings. The van der Waals surface area contributed by atoms with E-state index >= 15 is 0 Å². The smallest absolute Gasteiger partial charge is 0.265 e. The third-order valence-electron chi connectivity index (χ3n) is 5.80. The van der Waals surface area contributed by atoms with Crippen LogP contribution in [0.25, 0.3) is 0 Å². The van der Waals surface area contributed by atoms with Crippen molar-refractivity contribution in [2.24, 2.45) is 0 Å². The first kappa shape index (κ1) is 24.8. The molecule has 0 radical (unpaired) electrons. The Kier molecular flexibility index (Phi) is 6.66. The number of thiophene rings is 1. The molecule has 4 amide bonds. The molecular weight excluding hydrogens is 496 g/mol. The number of nitrogens with zero attached hydrogens (tertiary/aromatic N) is 2. The minimum absolute atomic E-state index is 0.0469. The van der Waals surface area contributed by atoms with Crippen LogP contribution >= 0.6 is 11.3 Å². The average molecular weight is 521 g/mol. The molecule has 0 saturated carbocycles. The Morgan fingerprint density at radius 2 is 2.00 bits per heavy atom. The summed E-state index contributed by atoms with van der Waals surface area (Å²) in [5.74, 6) is -1.28. The van der Waals surface area contributed by atoms with Crippen LogP contribution in [-0.4, -0.2) is 69.1 Å². The summed E-state index contributed by atoms with van der Waals surface area (Å²) in [4.78, 5) is 52.6. The van der Waals surface area contributed by atoms with Crippen LogP contribution in [0.15, 0.2) is 29.2 Å². The number of imide groups is 1. The molecular formula is C22H24N4O7S2. The van der Waals surface area contributed by atoms with Gasteiger partial charge in [0.15, 0.2) is 0 Å². The molecule has 1 aromatic heterocycles. The number of nitrogens with one attached hydrogen (secondary N) is 2. The minimum atomic E-state index is -3.96. The number of carbonyl (C=O) groups is 4. The molecule has 3 heterocycles. The molecule has 0 spiro atoms. The van der Waals surface area contributed by atoms with Crippen molar-refractivity contribution in [3.8, 4) is 5.75 Å². The summed E-state index contributed by atoms with van der Waals surface area (Å²) >= 11 is 1.16. The number of piperidine rings is 1. The number of carbonyl (C=O) groups excluding carboxylic acids is 4. The first-order valence-electron chi connectivity index (χ1n) is 10.7. The molecule has 4 rings (SSSR count). The maximum absolute atomic E-state index is 12.9. The van der Waals surface area contributed by atoms with Gasteiger partial charge in [-0.2, -0.15) is 0 Å². The average Bonchev–Trinajstić information content (AvgIpc) is 3.35.